The van der Waals surface area contributed by atoms with Gasteiger partial charge in [0.2, 0.25) is 0 Å². The van der Waals surface area contributed by atoms with Crippen LogP contribution in [0.2, 0.25) is 0 Å². The standard InChI is InChI=1S/C18H24N2/c1-17(2)16(18(17,3)4)20-11-14-9-12-7-5-6-8-13(12)10-15(14)19/h5-10,16,20H,11,19H2,1-4H3. The van der Waals surface area contributed by atoms with Gasteiger partial charge in [0, 0.05) is 18.3 Å². The maximum Gasteiger partial charge on any atom is 0.0366 e. The first-order chi connectivity index (χ1) is 9.34. The van der Waals surface area contributed by atoms with E-state index in [0.717, 1.165) is 12.2 Å². The lowest BCUT2D eigenvalue weighted by Gasteiger charge is -2.11. The molecule has 2 heteroatoms. The van der Waals surface area contributed by atoms with Crippen LogP contribution in [0, 0.1) is 10.8 Å². The van der Waals surface area contributed by atoms with Crippen LogP contribution in [0.5, 0.6) is 0 Å². The number of nitrogen functional groups attached to an aromatic ring is 1. The van der Waals surface area contributed by atoms with Crippen molar-refractivity contribution in [2.75, 3.05) is 5.73 Å². The predicted molar refractivity (Wildman–Crippen MR) is 86.6 cm³/mol. The number of fused-ring (bicyclic) bond motifs is 1. The predicted octanol–water partition coefficient (Wildman–Crippen LogP) is 3.95. The highest BCUT2D eigenvalue weighted by atomic mass is 15.0. The van der Waals surface area contributed by atoms with E-state index in [1.165, 1.54) is 16.3 Å². The SMILES string of the molecule is CC1(C)C(NCc2cc3ccccc3cc2N)C1(C)C. The van der Waals surface area contributed by atoms with E-state index < -0.39 is 0 Å². The molecule has 0 heterocycles. The minimum absolute atomic E-state index is 0.360. The number of hydrogen-bond acceptors (Lipinski definition) is 2. The van der Waals surface area contributed by atoms with Crippen molar-refractivity contribution in [3.05, 3.63) is 42.0 Å². The molecule has 1 aliphatic carbocycles. The summed E-state index contributed by atoms with van der Waals surface area (Å²) in [6.45, 7) is 10.2. The first-order valence-electron chi connectivity index (χ1n) is 7.34. The molecule has 0 spiro atoms. The fraction of sp³-hybridized carbons (Fsp3) is 0.444. The van der Waals surface area contributed by atoms with Gasteiger partial charge in [0.05, 0.1) is 0 Å². The molecule has 0 atom stereocenters. The first kappa shape index (κ1) is 13.4. The molecule has 0 saturated heterocycles. The van der Waals surface area contributed by atoms with Gasteiger partial charge in [0.15, 0.2) is 0 Å². The summed E-state index contributed by atoms with van der Waals surface area (Å²) >= 11 is 0. The van der Waals surface area contributed by atoms with E-state index in [2.05, 4.69) is 69.4 Å². The summed E-state index contributed by atoms with van der Waals surface area (Å²) in [6, 6.07) is 13.2. The Balaban J connectivity index is 1.80. The van der Waals surface area contributed by atoms with Crippen LogP contribution >= 0.6 is 0 Å². The minimum Gasteiger partial charge on any atom is -0.398 e. The molecule has 20 heavy (non-hydrogen) atoms. The molecule has 3 N–H and O–H groups in total. The molecule has 2 nitrogen and oxygen atoms in total. The quantitative estimate of drug-likeness (QED) is 0.827. The van der Waals surface area contributed by atoms with Gasteiger partial charge in [-0.25, -0.2) is 0 Å². The van der Waals surface area contributed by atoms with E-state index in [9.17, 15) is 0 Å². The van der Waals surface area contributed by atoms with E-state index >= 15 is 0 Å². The summed E-state index contributed by atoms with van der Waals surface area (Å²) in [4.78, 5) is 0. The molecule has 2 aromatic carbocycles. The number of anilines is 1. The average Bonchev–Trinajstić information content (AvgIpc) is 2.77. The largest absolute Gasteiger partial charge is 0.398 e. The van der Waals surface area contributed by atoms with E-state index in [1.807, 2.05) is 0 Å². The lowest BCUT2D eigenvalue weighted by atomic mass is 10.0. The topological polar surface area (TPSA) is 38.0 Å². The van der Waals surface area contributed by atoms with Gasteiger partial charge in [-0.2, -0.15) is 0 Å². The van der Waals surface area contributed by atoms with Gasteiger partial charge in [-0.15, -0.1) is 0 Å². The fourth-order valence-corrected chi connectivity index (χ4v) is 3.38. The number of benzene rings is 2. The summed E-state index contributed by atoms with van der Waals surface area (Å²) in [5, 5.41) is 6.15. The van der Waals surface area contributed by atoms with Crippen LogP contribution in [-0.2, 0) is 6.54 Å². The molecule has 106 valence electrons. The maximum atomic E-state index is 6.19. The molecule has 1 aliphatic rings. The molecule has 0 aliphatic heterocycles. The van der Waals surface area contributed by atoms with E-state index in [0.29, 0.717) is 16.9 Å². The molecular formula is C18H24N2. The maximum absolute atomic E-state index is 6.19. The smallest absolute Gasteiger partial charge is 0.0366 e. The highest BCUT2D eigenvalue weighted by molar-refractivity contribution is 5.86. The Morgan fingerprint density at radius 2 is 1.55 bits per heavy atom. The minimum atomic E-state index is 0.360. The third-order valence-electron chi connectivity index (χ3n) is 5.52. The molecule has 2 aromatic rings. The first-order valence-corrected chi connectivity index (χ1v) is 7.34. The monoisotopic (exact) mass is 268 g/mol. The molecule has 1 saturated carbocycles. The summed E-state index contributed by atoms with van der Waals surface area (Å²) in [7, 11) is 0. The Bertz CT molecular complexity index is 642. The van der Waals surface area contributed by atoms with Crippen LogP contribution < -0.4 is 11.1 Å². The van der Waals surface area contributed by atoms with Gasteiger partial charge in [-0.3, -0.25) is 0 Å². The highest BCUT2D eigenvalue weighted by Gasteiger charge is 2.64. The second kappa shape index (κ2) is 4.23. The summed E-state index contributed by atoms with van der Waals surface area (Å²) in [5.74, 6) is 0. The van der Waals surface area contributed by atoms with Crippen molar-refractivity contribution in [3.8, 4) is 0 Å². The molecule has 0 radical (unpaired) electrons. The van der Waals surface area contributed by atoms with Gasteiger partial charge in [0.25, 0.3) is 0 Å². The molecule has 3 rings (SSSR count). The van der Waals surface area contributed by atoms with Crippen LogP contribution in [0.1, 0.15) is 33.3 Å². The van der Waals surface area contributed by atoms with Crippen LogP contribution in [0.15, 0.2) is 36.4 Å². The second-order valence-corrected chi connectivity index (χ2v) is 7.16. The van der Waals surface area contributed by atoms with E-state index in [4.69, 9.17) is 5.73 Å². The van der Waals surface area contributed by atoms with Gasteiger partial charge < -0.3 is 11.1 Å². The number of rotatable bonds is 3. The summed E-state index contributed by atoms with van der Waals surface area (Å²) < 4.78 is 0. The van der Waals surface area contributed by atoms with Crippen molar-refractivity contribution in [3.63, 3.8) is 0 Å². The Hall–Kier alpha value is -1.54. The molecule has 0 bridgehead atoms. The van der Waals surface area contributed by atoms with Gasteiger partial charge in [-0.05, 0) is 39.3 Å². The van der Waals surface area contributed by atoms with Crippen molar-refractivity contribution < 1.29 is 0 Å². The van der Waals surface area contributed by atoms with Crippen LogP contribution in [0.3, 0.4) is 0 Å². The Morgan fingerprint density at radius 1 is 1.00 bits per heavy atom. The molecular weight excluding hydrogens is 244 g/mol. The van der Waals surface area contributed by atoms with Crippen LogP contribution in [0.25, 0.3) is 10.8 Å². The zero-order chi connectivity index (χ0) is 14.5. The van der Waals surface area contributed by atoms with E-state index in [1.54, 1.807) is 0 Å². The average molecular weight is 268 g/mol. The third kappa shape index (κ3) is 1.90. The Morgan fingerprint density at radius 3 is 2.10 bits per heavy atom. The number of hydrogen-bond donors (Lipinski definition) is 2. The van der Waals surface area contributed by atoms with Crippen LogP contribution in [0.4, 0.5) is 5.69 Å². The fourth-order valence-electron chi connectivity index (χ4n) is 3.38. The van der Waals surface area contributed by atoms with Crippen LogP contribution in [-0.4, -0.2) is 6.04 Å². The van der Waals surface area contributed by atoms with Gasteiger partial charge in [-0.1, -0.05) is 52.0 Å². The molecule has 1 fully saturated rings. The van der Waals surface area contributed by atoms with Crippen molar-refractivity contribution in [2.24, 2.45) is 10.8 Å². The van der Waals surface area contributed by atoms with Crippen molar-refractivity contribution in [1.82, 2.24) is 5.32 Å². The number of nitrogens with one attached hydrogen (secondary N) is 1. The lowest BCUT2D eigenvalue weighted by molar-refractivity contribution is 0.457. The highest BCUT2D eigenvalue weighted by Crippen LogP contribution is 2.62. The normalized spacial score (nSPS) is 20.2. The summed E-state index contributed by atoms with van der Waals surface area (Å²) in [5.41, 5.74) is 8.99. The zero-order valence-electron chi connectivity index (χ0n) is 12.8. The van der Waals surface area contributed by atoms with Crippen molar-refractivity contribution in [1.29, 1.82) is 0 Å². The Labute approximate surface area is 121 Å². The molecule has 0 amide bonds. The third-order valence-corrected chi connectivity index (χ3v) is 5.52. The second-order valence-electron chi connectivity index (χ2n) is 7.16. The van der Waals surface area contributed by atoms with E-state index in [-0.39, 0.29) is 0 Å². The Kier molecular flexibility index (Phi) is 2.84. The van der Waals surface area contributed by atoms with Gasteiger partial charge >= 0.3 is 0 Å². The van der Waals surface area contributed by atoms with Crippen molar-refractivity contribution in [2.45, 2.75) is 40.3 Å². The zero-order valence-corrected chi connectivity index (χ0v) is 12.8. The summed E-state index contributed by atoms with van der Waals surface area (Å²) in [6.07, 6.45) is 0. The molecule has 0 aromatic heterocycles. The number of nitrogens with two attached hydrogens (primary N) is 1. The van der Waals surface area contributed by atoms with Gasteiger partial charge in [0.1, 0.15) is 0 Å². The lowest BCUT2D eigenvalue weighted by Crippen LogP contribution is -2.22. The van der Waals surface area contributed by atoms with Crippen molar-refractivity contribution >= 4 is 16.5 Å². The molecule has 0 unspecified atom stereocenters.